The molecule has 1 saturated carbocycles. The van der Waals surface area contributed by atoms with Gasteiger partial charge in [0.25, 0.3) is 0 Å². The third kappa shape index (κ3) is 6.17. The summed E-state index contributed by atoms with van der Waals surface area (Å²) in [5, 5.41) is 8.99. The van der Waals surface area contributed by atoms with Crippen LogP contribution in [0.2, 0.25) is 0 Å². The molecule has 0 spiro atoms. The molecule has 1 aliphatic rings. The van der Waals surface area contributed by atoms with Crippen molar-refractivity contribution in [1.82, 2.24) is 10.6 Å². The highest BCUT2D eigenvalue weighted by Crippen LogP contribution is 2.28. The molecular weight excluding hydrogens is 398 g/mol. The van der Waals surface area contributed by atoms with Crippen molar-refractivity contribution in [3.63, 3.8) is 0 Å². The highest BCUT2D eigenvalue weighted by Gasteiger charge is 2.33. The van der Waals surface area contributed by atoms with Gasteiger partial charge in [-0.25, -0.2) is 9.38 Å². The fourth-order valence-electron chi connectivity index (χ4n) is 1.94. The summed E-state index contributed by atoms with van der Waals surface area (Å²) in [4.78, 5) is 16.0. The maximum absolute atomic E-state index is 13.0. The van der Waals surface area contributed by atoms with Crippen molar-refractivity contribution in [2.45, 2.75) is 26.3 Å². The molecule has 0 aliphatic heterocycles. The number of rotatable bonds is 5. The van der Waals surface area contributed by atoms with Gasteiger partial charge in [-0.2, -0.15) is 0 Å². The molecule has 1 aromatic carbocycles. The predicted octanol–water partition coefficient (Wildman–Crippen LogP) is 2.35. The summed E-state index contributed by atoms with van der Waals surface area (Å²) in [6.45, 7) is 4.86. The van der Waals surface area contributed by atoms with Gasteiger partial charge < -0.3 is 16.0 Å². The summed E-state index contributed by atoms with van der Waals surface area (Å²) in [6.07, 6.45) is 1.12. The first-order chi connectivity index (χ1) is 10.1. The Morgan fingerprint density at radius 2 is 2.18 bits per heavy atom. The molecule has 1 fully saturated rings. The quantitative estimate of drug-likeness (QED) is 0.389. The van der Waals surface area contributed by atoms with Crippen molar-refractivity contribution in [3.8, 4) is 0 Å². The summed E-state index contributed by atoms with van der Waals surface area (Å²) in [7, 11) is 0. The van der Waals surface area contributed by atoms with E-state index < -0.39 is 0 Å². The van der Waals surface area contributed by atoms with Crippen molar-refractivity contribution >= 4 is 41.5 Å². The van der Waals surface area contributed by atoms with E-state index in [0.717, 1.165) is 13.0 Å². The second kappa shape index (κ2) is 8.92. The molecule has 0 saturated heterocycles. The Morgan fingerprint density at radius 3 is 2.77 bits per heavy atom. The van der Waals surface area contributed by atoms with Crippen LogP contribution in [0.25, 0.3) is 0 Å². The van der Waals surface area contributed by atoms with Gasteiger partial charge in [-0.3, -0.25) is 4.79 Å². The summed E-state index contributed by atoms with van der Waals surface area (Å²) >= 11 is 0. The number of carbonyl (C=O) groups excluding carboxylic acids is 1. The molecule has 7 heteroatoms. The first-order valence-corrected chi connectivity index (χ1v) is 7.18. The van der Waals surface area contributed by atoms with Crippen molar-refractivity contribution in [3.05, 3.63) is 30.1 Å². The largest absolute Gasteiger partial charge is 0.357 e. The van der Waals surface area contributed by atoms with Crippen LogP contribution in [0.1, 0.15) is 20.3 Å². The molecule has 22 heavy (non-hydrogen) atoms. The maximum atomic E-state index is 13.0. The number of nitrogens with zero attached hydrogens (tertiary/aromatic N) is 1. The number of benzene rings is 1. The molecule has 2 unspecified atom stereocenters. The molecule has 2 atom stereocenters. The molecule has 3 N–H and O–H groups in total. The van der Waals surface area contributed by atoms with Gasteiger partial charge in [0, 0.05) is 18.3 Å². The number of amides is 1. The maximum Gasteiger partial charge on any atom is 0.246 e. The second-order valence-corrected chi connectivity index (χ2v) is 5.22. The molecule has 2 rings (SSSR count). The molecule has 1 aromatic rings. The number of guanidine groups is 1. The van der Waals surface area contributed by atoms with E-state index in [1.165, 1.54) is 12.1 Å². The van der Waals surface area contributed by atoms with Gasteiger partial charge in [-0.05, 0) is 37.5 Å². The number of aliphatic imine (C=N–C) groups is 1. The number of hydrogen-bond donors (Lipinski definition) is 3. The molecule has 1 aliphatic carbocycles. The molecule has 1 amide bonds. The van der Waals surface area contributed by atoms with E-state index >= 15 is 0 Å². The number of halogens is 2. The SMILES string of the molecule is CCNC(=NCC(=O)Nc1cccc(F)c1)NC1CC1C.I. The summed E-state index contributed by atoms with van der Waals surface area (Å²) in [6, 6.07) is 6.23. The van der Waals surface area contributed by atoms with Gasteiger partial charge in [0.2, 0.25) is 5.91 Å². The second-order valence-electron chi connectivity index (χ2n) is 5.22. The topological polar surface area (TPSA) is 65.5 Å². The number of anilines is 1. The standard InChI is InChI=1S/C15H21FN4O.HI/c1-3-17-15(20-13-7-10(13)2)18-9-14(21)19-12-6-4-5-11(16)8-12;/h4-6,8,10,13H,3,7,9H2,1-2H3,(H,19,21)(H2,17,18,20);1H. The molecule has 122 valence electrons. The predicted molar refractivity (Wildman–Crippen MR) is 97.1 cm³/mol. The van der Waals surface area contributed by atoms with Crippen LogP contribution in [0.15, 0.2) is 29.3 Å². The highest BCUT2D eigenvalue weighted by molar-refractivity contribution is 14.0. The van der Waals surface area contributed by atoms with Crippen LogP contribution in [0.4, 0.5) is 10.1 Å². The van der Waals surface area contributed by atoms with E-state index in [4.69, 9.17) is 0 Å². The molecule has 5 nitrogen and oxygen atoms in total. The molecule has 0 bridgehead atoms. The monoisotopic (exact) mass is 420 g/mol. The minimum absolute atomic E-state index is 0. The van der Waals surface area contributed by atoms with E-state index in [9.17, 15) is 9.18 Å². The minimum Gasteiger partial charge on any atom is -0.357 e. The lowest BCUT2D eigenvalue weighted by Crippen LogP contribution is -2.39. The zero-order valence-corrected chi connectivity index (χ0v) is 15.1. The van der Waals surface area contributed by atoms with Crippen LogP contribution in [0.5, 0.6) is 0 Å². The molecular formula is C15H22FIN4O. The summed E-state index contributed by atoms with van der Waals surface area (Å²) in [5.74, 6) is 0.631. The fraction of sp³-hybridized carbons (Fsp3) is 0.467. The zero-order chi connectivity index (χ0) is 15.2. The van der Waals surface area contributed by atoms with Gasteiger partial charge in [0.15, 0.2) is 5.96 Å². The fourth-order valence-corrected chi connectivity index (χ4v) is 1.94. The van der Waals surface area contributed by atoms with Crippen molar-refractivity contribution in [1.29, 1.82) is 0 Å². The van der Waals surface area contributed by atoms with Gasteiger partial charge >= 0.3 is 0 Å². The highest BCUT2D eigenvalue weighted by atomic mass is 127. The van der Waals surface area contributed by atoms with Gasteiger partial charge in [-0.15, -0.1) is 24.0 Å². The molecule has 0 aromatic heterocycles. The Labute approximate surface area is 147 Å². The van der Waals surface area contributed by atoms with Crippen LogP contribution < -0.4 is 16.0 Å². The third-order valence-corrected chi connectivity index (χ3v) is 3.26. The van der Waals surface area contributed by atoms with E-state index in [-0.39, 0.29) is 42.2 Å². The van der Waals surface area contributed by atoms with Gasteiger partial charge in [0.1, 0.15) is 12.4 Å². The Kier molecular flexibility index (Phi) is 7.57. The Hall–Kier alpha value is -1.38. The van der Waals surface area contributed by atoms with E-state index in [1.54, 1.807) is 12.1 Å². The lowest BCUT2D eigenvalue weighted by Gasteiger charge is -2.10. The van der Waals surface area contributed by atoms with Crippen molar-refractivity contribution in [2.75, 3.05) is 18.4 Å². The molecule has 0 heterocycles. The number of carbonyl (C=O) groups is 1. The van der Waals surface area contributed by atoms with Crippen molar-refractivity contribution in [2.24, 2.45) is 10.9 Å². The molecule has 0 radical (unpaired) electrons. The third-order valence-electron chi connectivity index (χ3n) is 3.26. The van der Waals surface area contributed by atoms with Gasteiger partial charge in [-0.1, -0.05) is 13.0 Å². The normalized spacial score (nSPS) is 19.9. The first-order valence-electron chi connectivity index (χ1n) is 7.18. The lowest BCUT2D eigenvalue weighted by atomic mass is 10.3. The van der Waals surface area contributed by atoms with Crippen LogP contribution in [0.3, 0.4) is 0 Å². The number of nitrogens with one attached hydrogen (secondary N) is 3. The first kappa shape index (κ1) is 18.7. The van der Waals surface area contributed by atoms with Crippen LogP contribution >= 0.6 is 24.0 Å². The smallest absolute Gasteiger partial charge is 0.246 e. The Balaban J connectivity index is 0.00000242. The van der Waals surface area contributed by atoms with E-state index in [1.807, 2.05) is 6.92 Å². The van der Waals surface area contributed by atoms with Crippen LogP contribution in [0, 0.1) is 11.7 Å². The van der Waals surface area contributed by atoms with Crippen molar-refractivity contribution < 1.29 is 9.18 Å². The zero-order valence-electron chi connectivity index (χ0n) is 12.7. The average Bonchev–Trinajstić information content (AvgIpc) is 3.12. The summed E-state index contributed by atoms with van der Waals surface area (Å²) in [5.41, 5.74) is 0.434. The summed E-state index contributed by atoms with van der Waals surface area (Å²) < 4.78 is 13.0. The Bertz CT molecular complexity index is 538. The van der Waals surface area contributed by atoms with Gasteiger partial charge in [0.05, 0.1) is 0 Å². The lowest BCUT2D eigenvalue weighted by molar-refractivity contribution is -0.114. The van der Waals surface area contributed by atoms with Crippen LogP contribution in [-0.2, 0) is 4.79 Å². The number of hydrogen-bond acceptors (Lipinski definition) is 2. The Morgan fingerprint density at radius 1 is 1.45 bits per heavy atom. The van der Waals surface area contributed by atoms with E-state index in [0.29, 0.717) is 23.6 Å². The average molecular weight is 420 g/mol. The van der Waals surface area contributed by atoms with E-state index in [2.05, 4.69) is 27.9 Å². The minimum atomic E-state index is -0.381. The van der Waals surface area contributed by atoms with Crippen LogP contribution in [-0.4, -0.2) is 31.0 Å².